The number of aryl methyl sites for hydroxylation is 1. The number of anilines is 1. The molecule has 3 nitrogen and oxygen atoms in total. The molecule has 3 N–H and O–H groups in total. The topological polar surface area (TPSA) is 55.1 Å². The molecule has 1 aromatic carbocycles. The summed E-state index contributed by atoms with van der Waals surface area (Å²) in [5.41, 5.74) is 7.97. The van der Waals surface area contributed by atoms with Gasteiger partial charge in [-0.1, -0.05) is 32.9 Å². The van der Waals surface area contributed by atoms with E-state index in [-0.39, 0.29) is 5.91 Å². The Labute approximate surface area is 103 Å². The first-order chi connectivity index (χ1) is 7.93. The van der Waals surface area contributed by atoms with Gasteiger partial charge in [-0.25, -0.2) is 0 Å². The van der Waals surface area contributed by atoms with Crippen molar-refractivity contribution in [2.24, 2.45) is 11.8 Å². The van der Waals surface area contributed by atoms with Crippen LogP contribution in [0.1, 0.15) is 36.7 Å². The highest BCUT2D eigenvalue weighted by Crippen LogP contribution is 2.16. The highest BCUT2D eigenvalue weighted by atomic mass is 16.1. The van der Waals surface area contributed by atoms with E-state index in [9.17, 15) is 4.79 Å². The fourth-order valence-electron chi connectivity index (χ4n) is 1.46. The summed E-state index contributed by atoms with van der Waals surface area (Å²) < 4.78 is 0. The van der Waals surface area contributed by atoms with Crippen molar-refractivity contribution in [1.82, 2.24) is 5.32 Å². The van der Waals surface area contributed by atoms with E-state index in [1.54, 1.807) is 6.07 Å². The van der Waals surface area contributed by atoms with Crippen LogP contribution in [0.15, 0.2) is 18.2 Å². The van der Waals surface area contributed by atoms with E-state index in [4.69, 9.17) is 5.73 Å². The maximum Gasteiger partial charge on any atom is 0.253 e. The van der Waals surface area contributed by atoms with Crippen molar-refractivity contribution in [2.45, 2.75) is 27.7 Å². The number of amides is 1. The van der Waals surface area contributed by atoms with Crippen LogP contribution in [0.3, 0.4) is 0 Å². The number of nitrogens with one attached hydrogen (secondary N) is 1. The van der Waals surface area contributed by atoms with Crippen LogP contribution in [0.5, 0.6) is 0 Å². The van der Waals surface area contributed by atoms with Gasteiger partial charge in [0.15, 0.2) is 0 Å². The minimum atomic E-state index is -0.0845. The van der Waals surface area contributed by atoms with Crippen LogP contribution < -0.4 is 11.1 Å². The van der Waals surface area contributed by atoms with E-state index < -0.39 is 0 Å². The number of hydrogen-bond acceptors (Lipinski definition) is 2. The second-order valence-electron chi connectivity index (χ2n) is 4.97. The van der Waals surface area contributed by atoms with Crippen molar-refractivity contribution in [2.75, 3.05) is 12.3 Å². The number of nitrogens with two attached hydrogens (primary N) is 1. The minimum absolute atomic E-state index is 0.0845. The molecule has 0 aliphatic rings. The third kappa shape index (κ3) is 3.48. The summed E-state index contributed by atoms with van der Waals surface area (Å²) in [5, 5.41) is 2.93. The molecule has 1 unspecified atom stereocenters. The zero-order chi connectivity index (χ0) is 13.0. The third-order valence-corrected chi connectivity index (χ3v) is 3.29. The van der Waals surface area contributed by atoms with E-state index in [2.05, 4.69) is 26.1 Å². The molecule has 0 radical (unpaired) electrons. The van der Waals surface area contributed by atoms with Gasteiger partial charge in [-0.2, -0.15) is 0 Å². The Morgan fingerprint density at radius 1 is 1.35 bits per heavy atom. The lowest BCUT2D eigenvalue weighted by Crippen LogP contribution is -2.30. The molecule has 94 valence electrons. The lowest BCUT2D eigenvalue weighted by Gasteiger charge is -2.16. The highest BCUT2D eigenvalue weighted by molar-refractivity contribution is 5.99. The lowest BCUT2D eigenvalue weighted by atomic mass is 9.98. The summed E-state index contributed by atoms with van der Waals surface area (Å²) in [6, 6.07) is 5.52. The van der Waals surface area contributed by atoms with E-state index >= 15 is 0 Å². The molecule has 0 heterocycles. The predicted octanol–water partition coefficient (Wildman–Crippen LogP) is 2.60. The number of carbonyl (C=O) groups is 1. The van der Waals surface area contributed by atoms with Crippen molar-refractivity contribution < 1.29 is 4.79 Å². The summed E-state index contributed by atoms with van der Waals surface area (Å²) in [7, 11) is 0. The normalized spacial score (nSPS) is 12.5. The molecule has 0 saturated heterocycles. The molecule has 0 fully saturated rings. The average Bonchev–Trinajstić information content (AvgIpc) is 2.29. The van der Waals surface area contributed by atoms with Crippen LogP contribution in [-0.4, -0.2) is 12.5 Å². The molecule has 1 aromatic rings. The second-order valence-corrected chi connectivity index (χ2v) is 4.97. The Bertz CT molecular complexity index is 399. The van der Waals surface area contributed by atoms with Crippen molar-refractivity contribution >= 4 is 11.6 Å². The van der Waals surface area contributed by atoms with Gasteiger partial charge in [-0.05, 0) is 30.4 Å². The lowest BCUT2D eigenvalue weighted by molar-refractivity contribution is 0.0945. The van der Waals surface area contributed by atoms with Gasteiger partial charge < -0.3 is 11.1 Å². The Morgan fingerprint density at radius 2 is 2.00 bits per heavy atom. The van der Waals surface area contributed by atoms with Gasteiger partial charge in [0, 0.05) is 12.2 Å². The molecule has 0 spiro atoms. The molecule has 0 bridgehead atoms. The quantitative estimate of drug-likeness (QED) is 0.787. The van der Waals surface area contributed by atoms with Gasteiger partial charge in [0.1, 0.15) is 0 Å². The van der Waals surface area contributed by atoms with Crippen LogP contribution in [0.4, 0.5) is 5.69 Å². The molecule has 0 aromatic heterocycles. The Balaban J connectivity index is 2.68. The summed E-state index contributed by atoms with van der Waals surface area (Å²) in [6.45, 7) is 9.02. The smallest absolute Gasteiger partial charge is 0.253 e. The first-order valence-corrected chi connectivity index (χ1v) is 6.06. The van der Waals surface area contributed by atoms with E-state index in [1.165, 1.54) is 0 Å². The van der Waals surface area contributed by atoms with Crippen molar-refractivity contribution in [1.29, 1.82) is 0 Å². The monoisotopic (exact) mass is 234 g/mol. The predicted molar refractivity (Wildman–Crippen MR) is 71.9 cm³/mol. The maximum atomic E-state index is 12.0. The van der Waals surface area contributed by atoms with Crippen LogP contribution in [-0.2, 0) is 0 Å². The first-order valence-electron chi connectivity index (χ1n) is 6.06. The number of nitrogen functional groups attached to an aromatic ring is 1. The summed E-state index contributed by atoms with van der Waals surface area (Å²) in [6.07, 6.45) is 0. The molecule has 1 amide bonds. The zero-order valence-corrected chi connectivity index (χ0v) is 11.1. The molecule has 1 rings (SSSR count). The summed E-state index contributed by atoms with van der Waals surface area (Å²) in [4.78, 5) is 12.0. The van der Waals surface area contributed by atoms with Crippen LogP contribution in [0, 0.1) is 18.8 Å². The molecule has 0 saturated carbocycles. The molecule has 1 atom stereocenters. The molecule has 0 aliphatic carbocycles. The number of para-hydroxylation sites is 1. The third-order valence-electron chi connectivity index (χ3n) is 3.29. The Morgan fingerprint density at radius 3 is 2.59 bits per heavy atom. The van der Waals surface area contributed by atoms with E-state index in [1.807, 2.05) is 19.1 Å². The number of carbonyl (C=O) groups excluding carboxylic acids is 1. The van der Waals surface area contributed by atoms with Crippen molar-refractivity contribution in [3.8, 4) is 0 Å². The van der Waals surface area contributed by atoms with Crippen molar-refractivity contribution in [3.05, 3.63) is 29.3 Å². The van der Waals surface area contributed by atoms with Crippen LogP contribution in [0.25, 0.3) is 0 Å². The molecule has 17 heavy (non-hydrogen) atoms. The second kappa shape index (κ2) is 5.71. The number of rotatable bonds is 4. The van der Waals surface area contributed by atoms with E-state index in [0.29, 0.717) is 29.6 Å². The maximum absolute atomic E-state index is 12.0. The molecule has 3 heteroatoms. The molecular weight excluding hydrogens is 212 g/mol. The van der Waals surface area contributed by atoms with Gasteiger partial charge in [-0.15, -0.1) is 0 Å². The Hall–Kier alpha value is -1.51. The first kappa shape index (κ1) is 13.6. The average molecular weight is 234 g/mol. The summed E-state index contributed by atoms with van der Waals surface area (Å²) in [5.74, 6) is 0.939. The number of benzene rings is 1. The minimum Gasteiger partial charge on any atom is -0.398 e. The van der Waals surface area contributed by atoms with Gasteiger partial charge in [0.2, 0.25) is 0 Å². The standard InChI is InChI=1S/C14H22N2O/c1-9(2)11(4)8-16-14(17)12-7-5-6-10(3)13(12)15/h5-7,9,11H,8,15H2,1-4H3,(H,16,17). The highest BCUT2D eigenvalue weighted by Gasteiger charge is 2.13. The largest absolute Gasteiger partial charge is 0.398 e. The SMILES string of the molecule is Cc1cccc(C(=O)NCC(C)C(C)C)c1N. The van der Waals surface area contributed by atoms with Gasteiger partial charge in [0.05, 0.1) is 5.56 Å². The van der Waals surface area contributed by atoms with E-state index in [0.717, 1.165) is 5.56 Å². The van der Waals surface area contributed by atoms with Crippen molar-refractivity contribution in [3.63, 3.8) is 0 Å². The zero-order valence-electron chi connectivity index (χ0n) is 11.1. The fourth-order valence-corrected chi connectivity index (χ4v) is 1.46. The molecular formula is C14H22N2O. The van der Waals surface area contributed by atoms with Crippen LogP contribution >= 0.6 is 0 Å². The van der Waals surface area contributed by atoms with Gasteiger partial charge >= 0.3 is 0 Å². The molecule has 0 aliphatic heterocycles. The fraction of sp³-hybridized carbons (Fsp3) is 0.500. The van der Waals surface area contributed by atoms with Crippen LogP contribution in [0.2, 0.25) is 0 Å². The van der Waals surface area contributed by atoms with Gasteiger partial charge in [0.25, 0.3) is 5.91 Å². The number of hydrogen-bond donors (Lipinski definition) is 2. The van der Waals surface area contributed by atoms with Gasteiger partial charge in [-0.3, -0.25) is 4.79 Å². The Kier molecular flexibility index (Phi) is 4.55. The summed E-state index contributed by atoms with van der Waals surface area (Å²) >= 11 is 0.